The van der Waals surface area contributed by atoms with Crippen LogP contribution < -0.4 is 5.32 Å². The summed E-state index contributed by atoms with van der Waals surface area (Å²) >= 11 is 5.70. The number of nitrogens with zero attached hydrogens (tertiary/aromatic N) is 6. The molecule has 0 saturated carbocycles. The van der Waals surface area contributed by atoms with Gasteiger partial charge in [0.05, 0.1) is 6.42 Å². The molecule has 7 nitrogen and oxygen atoms in total. The Bertz CT molecular complexity index is 571. The van der Waals surface area contributed by atoms with Crippen LogP contribution in [0.3, 0.4) is 0 Å². The molecule has 0 fully saturated rings. The number of aromatic nitrogens is 6. The Kier molecular flexibility index (Phi) is 4.02. The summed E-state index contributed by atoms with van der Waals surface area (Å²) < 4.78 is 38.0. The number of nitrogens with one attached hydrogen (secondary N) is 1. The van der Waals surface area contributed by atoms with E-state index in [-0.39, 0.29) is 17.2 Å². The highest BCUT2D eigenvalue weighted by Gasteiger charge is 2.30. The second kappa shape index (κ2) is 5.57. The first-order chi connectivity index (χ1) is 9.33. The van der Waals surface area contributed by atoms with Crippen molar-refractivity contribution in [3.63, 3.8) is 0 Å². The Balaban J connectivity index is 2.16. The fraction of sp³-hybridized carbons (Fsp3) is 0.444. The molecule has 0 amide bonds. The van der Waals surface area contributed by atoms with Crippen LogP contribution in [0.4, 0.5) is 19.1 Å². The molecule has 2 aromatic rings. The zero-order valence-electron chi connectivity index (χ0n) is 10.1. The van der Waals surface area contributed by atoms with Gasteiger partial charge in [-0.15, -0.1) is 0 Å². The van der Waals surface area contributed by atoms with Crippen molar-refractivity contribution in [3.05, 3.63) is 17.9 Å². The predicted molar refractivity (Wildman–Crippen MR) is 63.5 cm³/mol. The third-order valence-electron chi connectivity index (χ3n) is 2.13. The van der Waals surface area contributed by atoms with Crippen molar-refractivity contribution >= 4 is 17.5 Å². The van der Waals surface area contributed by atoms with Crippen LogP contribution in [0.5, 0.6) is 0 Å². The molecule has 0 aliphatic rings. The maximum atomic E-state index is 12.2. The molecule has 11 heteroatoms. The largest absolute Gasteiger partial charge is 0.391 e. The van der Waals surface area contributed by atoms with E-state index in [0.717, 1.165) is 0 Å². The highest BCUT2D eigenvalue weighted by molar-refractivity contribution is 6.28. The Morgan fingerprint density at radius 1 is 1.35 bits per heavy atom. The highest BCUT2D eigenvalue weighted by atomic mass is 35.5. The van der Waals surface area contributed by atoms with Crippen molar-refractivity contribution < 1.29 is 13.2 Å². The summed E-state index contributed by atoms with van der Waals surface area (Å²) in [5.74, 6) is -0.00328. The highest BCUT2D eigenvalue weighted by Crippen LogP contribution is 2.22. The average Bonchev–Trinajstić information content (AvgIpc) is 2.78. The van der Waals surface area contributed by atoms with Gasteiger partial charge in [-0.1, -0.05) is 0 Å². The Morgan fingerprint density at radius 2 is 2.10 bits per heavy atom. The number of anilines is 1. The summed E-state index contributed by atoms with van der Waals surface area (Å²) in [6, 6.07) is -0.905. The Hall–Kier alpha value is -1.97. The van der Waals surface area contributed by atoms with E-state index in [1.165, 1.54) is 24.3 Å². The van der Waals surface area contributed by atoms with Crippen LogP contribution in [-0.2, 0) is 0 Å². The van der Waals surface area contributed by atoms with Crippen LogP contribution in [0.25, 0.3) is 5.95 Å². The van der Waals surface area contributed by atoms with Crippen molar-refractivity contribution in [2.45, 2.75) is 25.6 Å². The summed E-state index contributed by atoms with van der Waals surface area (Å²) in [6.45, 7) is 1.36. The lowest BCUT2D eigenvalue weighted by molar-refractivity contribution is -0.136. The molecule has 2 aromatic heterocycles. The van der Waals surface area contributed by atoms with Gasteiger partial charge < -0.3 is 5.32 Å². The molecule has 1 N–H and O–H groups in total. The lowest BCUT2D eigenvalue weighted by Gasteiger charge is -2.15. The van der Waals surface area contributed by atoms with Crippen LogP contribution in [0, 0.1) is 0 Å². The van der Waals surface area contributed by atoms with Crippen molar-refractivity contribution in [3.8, 4) is 5.95 Å². The minimum absolute atomic E-state index is 0.0595. The van der Waals surface area contributed by atoms with Crippen LogP contribution in [0.1, 0.15) is 13.3 Å². The molecule has 0 aromatic carbocycles. The lowest BCUT2D eigenvalue weighted by Crippen LogP contribution is -2.25. The average molecular weight is 308 g/mol. The van der Waals surface area contributed by atoms with Crippen LogP contribution >= 0.6 is 11.6 Å². The Labute approximate surface area is 116 Å². The first-order valence-corrected chi connectivity index (χ1v) is 5.81. The first kappa shape index (κ1) is 14.4. The zero-order valence-corrected chi connectivity index (χ0v) is 10.9. The summed E-state index contributed by atoms with van der Waals surface area (Å²) in [5, 5.41) is 6.15. The summed E-state index contributed by atoms with van der Waals surface area (Å²) in [6.07, 6.45) is -2.71. The fourth-order valence-electron chi connectivity index (χ4n) is 1.44. The second-order valence-electron chi connectivity index (χ2n) is 3.93. The molecule has 2 rings (SSSR count). The van der Waals surface area contributed by atoms with Gasteiger partial charge in [0.1, 0.15) is 12.7 Å². The van der Waals surface area contributed by atoms with E-state index in [1.54, 1.807) is 0 Å². The molecular weight excluding hydrogens is 299 g/mol. The number of hydrogen-bond donors (Lipinski definition) is 1. The third kappa shape index (κ3) is 4.02. The SMILES string of the molecule is CC(CC(F)(F)F)Nc1nc(Cl)nc(-n2cncn2)n1. The number of halogens is 4. The van der Waals surface area contributed by atoms with E-state index in [2.05, 4.69) is 30.4 Å². The van der Waals surface area contributed by atoms with E-state index in [0.29, 0.717) is 0 Å². The predicted octanol–water partition coefficient (Wildman–Crippen LogP) is 1.86. The molecule has 0 radical (unpaired) electrons. The minimum atomic E-state index is -4.28. The third-order valence-corrected chi connectivity index (χ3v) is 2.30. The minimum Gasteiger partial charge on any atom is -0.351 e. The van der Waals surface area contributed by atoms with Crippen molar-refractivity contribution in [2.75, 3.05) is 5.32 Å². The fourth-order valence-corrected chi connectivity index (χ4v) is 1.59. The molecule has 0 saturated heterocycles. The van der Waals surface area contributed by atoms with Crippen LogP contribution in [-0.4, -0.2) is 41.9 Å². The zero-order chi connectivity index (χ0) is 14.8. The van der Waals surface area contributed by atoms with E-state index in [1.807, 2.05) is 0 Å². The van der Waals surface area contributed by atoms with Crippen LogP contribution in [0.2, 0.25) is 5.28 Å². The van der Waals surface area contributed by atoms with Crippen molar-refractivity contribution in [1.82, 2.24) is 29.7 Å². The maximum absolute atomic E-state index is 12.2. The van der Waals surface area contributed by atoms with Gasteiger partial charge >= 0.3 is 6.18 Å². The molecule has 20 heavy (non-hydrogen) atoms. The standard InChI is InChI=1S/C9H9ClF3N7/c1-5(2-9(11,12)13)16-7-17-6(10)18-8(19-7)20-4-14-3-15-20/h3-5H,2H2,1H3,(H,16,17,18,19). The van der Waals surface area contributed by atoms with Gasteiger partial charge in [0.25, 0.3) is 5.95 Å². The molecule has 2 heterocycles. The topological polar surface area (TPSA) is 81.4 Å². The molecule has 0 bridgehead atoms. The van der Waals surface area contributed by atoms with Gasteiger partial charge in [0, 0.05) is 6.04 Å². The number of alkyl halides is 3. The van der Waals surface area contributed by atoms with Crippen molar-refractivity contribution in [1.29, 1.82) is 0 Å². The number of hydrogen-bond acceptors (Lipinski definition) is 6. The second-order valence-corrected chi connectivity index (χ2v) is 4.27. The van der Waals surface area contributed by atoms with E-state index in [4.69, 9.17) is 11.6 Å². The summed E-state index contributed by atoms with van der Waals surface area (Å²) in [5.41, 5.74) is 0. The summed E-state index contributed by atoms with van der Waals surface area (Å²) in [4.78, 5) is 15.1. The quantitative estimate of drug-likeness (QED) is 0.928. The molecule has 1 atom stereocenters. The van der Waals surface area contributed by atoms with Gasteiger partial charge in [0.15, 0.2) is 0 Å². The molecule has 1 unspecified atom stereocenters. The molecular formula is C9H9ClF3N7. The van der Waals surface area contributed by atoms with Gasteiger partial charge in [-0.3, -0.25) is 0 Å². The monoisotopic (exact) mass is 307 g/mol. The van der Waals surface area contributed by atoms with Gasteiger partial charge in [-0.2, -0.15) is 37.9 Å². The van der Waals surface area contributed by atoms with Crippen molar-refractivity contribution in [2.24, 2.45) is 0 Å². The van der Waals surface area contributed by atoms with E-state index >= 15 is 0 Å². The molecule has 0 aliphatic carbocycles. The lowest BCUT2D eigenvalue weighted by atomic mass is 10.2. The van der Waals surface area contributed by atoms with Gasteiger partial charge in [-0.05, 0) is 18.5 Å². The van der Waals surface area contributed by atoms with Gasteiger partial charge in [-0.25, -0.2) is 4.98 Å². The van der Waals surface area contributed by atoms with Crippen LogP contribution in [0.15, 0.2) is 12.7 Å². The van der Waals surface area contributed by atoms with E-state index in [9.17, 15) is 13.2 Å². The first-order valence-electron chi connectivity index (χ1n) is 5.43. The normalized spacial score (nSPS) is 13.2. The maximum Gasteiger partial charge on any atom is 0.391 e. The molecule has 0 spiro atoms. The smallest absolute Gasteiger partial charge is 0.351 e. The molecule has 0 aliphatic heterocycles. The molecule has 108 valence electrons. The summed E-state index contributed by atoms with van der Waals surface area (Å²) in [7, 11) is 0. The Morgan fingerprint density at radius 3 is 2.70 bits per heavy atom. The number of rotatable bonds is 4. The van der Waals surface area contributed by atoms with Gasteiger partial charge in [0.2, 0.25) is 11.2 Å². The van der Waals surface area contributed by atoms with E-state index < -0.39 is 18.6 Å².